The Morgan fingerprint density at radius 2 is 1.70 bits per heavy atom. The number of hydrazone groups is 1. The summed E-state index contributed by atoms with van der Waals surface area (Å²) in [5.74, 6) is 0.0630. The molecule has 7 nitrogen and oxygen atoms in total. The van der Waals surface area contributed by atoms with Crippen molar-refractivity contribution in [1.82, 2.24) is 10.4 Å². The Bertz CT molecular complexity index is 1080. The van der Waals surface area contributed by atoms with Crippen molar-refractivity contribution in [2.45, 2.75) is 0 Å². The van der Waals surface area contributed by atoms with Crippen LogP contribution in [-0.2, 0) is 0 Å². The fourth-order valence-corrected chi connectivity index (χ4v) is 2.71. The van der Waals surface area contributed by atoms with Crippen LogP contribution in [0.1, 0.15) is 16.7 Å². The van der Waals surface area contributed by atoms with E-state index in [-0.39, 0.29) is 5.69 Å². The average molecular weight is 361 g/mol. The first-order chi connectivity index (χ1) is 13.1. The third-order valence-corrected chi connectivity index (χ3v) is 4.02. The Balaban J connectivity index is 1.83. The minimum absolute atomic E-state index is 0.0332. The SMILES string of the molecule is O=[N+]([O-])c1ccc(C2=NNC(c3ccncc3)=Nc3ccc(F)cc32)cc1. The van der Waals surface area contributed by atoms with Gasteiger partial charge in [0, 0.05) is 41.2 Å². The van der Waals surface area contributed by atoms with Gasteiger partial charge in [-0.25, -0.2) is 9.38 Å². The van der Waals surface area contributed by atoms with Crippen LogP contribution in [0.15, 0.2) is 77.1 Å². The van der Waals surface area contributed by atoms with E-state index in [0.717, 1.165) is 5.56 Å². The molecule has 8 heteroatoms. The minimum Gasteiger partial charge on any atom is -0.265 e. The maximum Gasteiger partial charge on any atom is 0.269 e. The van der Waals surface area contributed by atoms with Crippen molar-refractivity contribution >= 4 is 22.9 Å². The van der Waals surface area contributed by atoms with Crippen LogP contribution in [-0.4, -0.2) is 21.5 Å². The Kier molecular flexibility index (Phi) is 4.13. The van der Waals surface area contributed by atoms with Gasteiger partial charge in [-0.15, -0.1) is 0 Å². The smallest absolute Gasteiger partial charge is 0.265 e. The summed E-state index contributed by atoms with van der Waals surface area (Å²) in [6, 6.07) is 13.7. The highest BCUT2D eigenvalue weighted by molar-refractivity contribution is 6.18. The topological polar surface area (TPSA) is 92.8 Å². The quantitative estimate of drug-likeness (QED) is 0.570. The van der Waals surface area contributed by atoms with E-state index in [4.69, 9.17) is 0 Å². The van der Waals surface area contributed by atoms with Crippen molar-refractivity contribution in [3.8, 4) is 0 Å². The lowest BCUT2D eigenvalue weighted by Crippen LogP contribution is -2.19. The zero-order valence-electron chi connectivity index (χ0n) is 13.8. The largest absolute Gasteiger partial charge is 0.269 e. The monoisotopic (exact) mass is 361 g/mol. The summed E-state index contributed by atoms with van der Waals surface area (Å²) in [4.78, 5) is 18.9. The highest BCUT2D eigenvalue weighted by Gasteiger charge is 2.18. The van der Waals surface area contributed by atoms with Gasteiger partial charge in [0.25, 0.3) is 5.69 Å². The summed E-state index contributed by atoms with van der Waals surface area (Å²) in [6.07, 6.45) is 3.27. The van der Waals surface area contributed by atoms with Crippen molar-refractivity contribution in [2.24, 2.45) is 10.1 Å². The number of benzene rings is 2. The van der Waals surface area contributed by atoms with Crippen LogP contribution in [0.2, 0.25) is 0 Å². The van der Waals surface area contributed by atoms with Gasteiger partial charge in [-0.05, 0) is 42.5 Å². The third-order valence-electron chi connectivity index (χ3n) is 4.02. The maximum absolute atomic E-state index is 13.9. The highest BCUT2D eigenvalue weighted by Crippen LogP contribution is 2.27. The van der Waals surface area contributed by atoms with Crippen LogP contribution < -0.4 is 5.43 Å². The predicted octanol–water partition coefficient (Wildman–Crippen LogP) is 3.56. The lowest BCUT2D eigenvalue weighted by molar-refractivity contribution is -0.384. The molecular weight excluding hydrogens is 349 g/mol. The molecule has 0 bridgehead atoms. The lowest BCUT2D eigenvalue weighted by atomic mass is 10.0. The second kappa shape index (κ2) is 6.75. The summed E-state index contributed by atoms with van der Waals surface area (Å²) in [5, 5.41) is 15.3. The molecule has 0 unspecified atom stereocenters. The molecule has 1 aliphatic rings. The number of aliphatic imine (C=N–C) groups is 1. The average Bonchev–Trinajstić information content (AvgIpc) is 2.88. The number of hydrogen-bond donors (Lipinski definition) is 1. The molecule has 0 aliphatic carbocycles. The molecule has 132 valence electrons. The number of nitro benzene ring substituents is 1. The normalized spacial score (nSPS) is 12.9. The van der Waals surface area contributed by atoms with Gasteiger partial charge in [0.15, 0.2) is 5.84 Å². The number of hydrogen-bond acceptors (Lipinski definition) is 6. The summed E-state index contributed by atoms with van der Waals surface area (Å²) in [7, 11) is 0. The zero-order valence-corrected chi connectivity index (χ0v) is 13.8. The van der Waals surface area contributed by atoms with Gasteiger partial charge in [-0.1, -0.05) is 0 Å². The van der Waals surface area contributed by atoms with Gasteiger partial charge in [-0.2, -0.15) is 5.10 Å². The molecule has 3 aromatic rings. The van der Waals surface area contributed by atoms with Crippen LogP contribution in [0.3, 0.4) is 0 Å². The van der Waals surface area contributed by atoms with E-state index in [2.05, 4.69) is 20.5 Å². The predicted molar refractivity (Wildman–Crippen MR) is 98.7 cm³/mol. The second-order valence-corrected chi connectivity index (χ2v) is 5.73. The number of halogens is 1. The molecule has 0 saturated heterocycles. The zero-order chi connectivity index (χ0) is 18.8. The summed E-state index contributed by atoms with van der Waals surface area (Å²) >= 11 is 0. The van der Waals surface area contributed by atoms with Crippen molar-refractivity contribution < 1.29 is 9.31 Å². The number of nitro groups is 1. The van der Waals surface area contributed by atoms with Gasteiger partial charge in [0.1, 0.15) is 11.5 Å². The molecule has 0 atom stereocenters. The highest BCUT2D eigenvalue weighted by atomic mass is 19.1. The molecule has 1 aromatic heterocycles. The Morgan fingerprint density at radius 3 is 2.41 bits per heavy atom. The van der Waals surface area contributed by atoms with Gasteiger partial charge >= 0.3 is 0 Å². The third kappa shape index (κ3) is 3.28. The number of fused-ring (bicyclic) bond motifs is 1. The Hall–Kier alpha value is -3.94. The van der Waals surface area contributed by atoms with Gasteiger partial charge in [0.05, 0.1) is 10.6 Å². The number of amidine groups is 1. The standard InChI is InChI=1S/C19H12FN5O2/c20-14-3-6-17-16(11-14)18(12-1-4-15(5-2-12)25(26)27)23-24-19(22-17)13-7-9-21-10-8-13/h1-11H,(H,22,24). The number of rotatable bonds is 3. The van der Waals surface area contributed by atoms with Crippen LogP contribution >= 0.6 is 0 Å². The molecular formula is C19H12FN5O2. The molecule has 1 aliphatic heterocycles. The van der Waals surface area contributed by atoms with Crippen LogP contribution in [0.25, 0.3) is 0 Å². The van der Waals surface area contributed by atoms with Crippen molar-refractivity contribution in [2.75, 3.05) is 0 Å². The Morgan fingerprint density at radius 1 is 0.963 bits per heavy atom. The molecule has 0 spiro atoms. The van der Waals surface area contributed by atoms with E-state index < -0.39 is 10.7 Å². The first-order valence-corrected chi connectivity index (χ1v) is 7.99. The summed E-state index contributed by atoms with van der Waals surface area (Å²) in [5.41, 5.74) is 5.70. The van der Waals surface area contributed by atoms with Crippen LogP contribution in [0, 0.1) is 15.9 Å². The molecule has 0 radical (unpaired) electrons. The van der Waals surface area contributed by atoms with E-state index >= 15 is 0 Å². The Labute approximate surface area is 153 Å². The first-order valence-electron chi connectivity index (χ1n) is 7.99. The number of non-ortho nitro benzene ring substituents is 1. The summed E-state index contributed by atoms with van der Waals surface area (Å²) < 4.78 is 13.9. The van der Waals surface area contributed by atoms with Gasteiger partial charge in [0.2, 0.25) is 0 Å². The second-order valence-electron chi connectivity index (χ2n) is 5.73. The molecule has 2 aromatic carbocycles. The van der Waals surface area contributed by atoms with Crippen molar-refractivity contribution in [3.05, 3.63) is 99.6 Å². The lowest BCUT2D eigenvalue weighted by Gasteiger charge is -2.07. The molecule has 0 fully saturated rings. The van der Waals surface area contributed by atoms with E-state index in [1.54, 1.807) is 42.7 Å². The molecule has 1 N–H and O–H groups in total. The number of nitrogens with zero attached hydrogens (tertiary/aromatic N) is 4. The fourth-order valence-electron chi connectivity index (χ4n) is 2.71. The van der Waals surface area contributed by atoms with E-state index in [0.29, 0.717) is 28.4 Å². The minimum atomic E-state index is -0.477. The molecule has 2 heterocycles. The molecule has 27 heavy (non-hydrogen) atoms. The molecule has 4 rings (SSSR count). The number of nitrogens with one attached hydrogen (secondary N) is 1. The van der Waals surface area contributed by atoms with Crippen LogP contribution in [0.4, 0.5) is 15.8 Å². The fraction of sp³-hybridized carbons (Fsp3) is 0. The van der Waals surface area contributed by atoms with E-state index in [1.807, 2.05) is 0 Å². The van der Waals surface area contributed by atoms with Gasteiger partial charge < -0.3 is 0 Å². The summed E-state index contributed by atoms with van der Waals surface area (Å²) in [6.45, 7) is 0. The first kappa shape index (κ1) is 16.5. The molecule has 0 saturated carbocycles. The van der Waals surface area contributed by atoms with E-state index in [1.165, 1.54) is 24.3 Å². The van der Waals surface area contributed by atoms with Crippen LogP contribution in [0.5, 0.6) is 0 Å². The van der Waals surface area contributed by atoms with Crippen molar-refractivity contribution in [1.29, 1.82) is 0 Å². The molecule has 0 amide bonds. The number of pyridine rings is 1. The number of aromatic nitrogens is 1. The maximum atomic E-state index is 13.9. The van der Waals surface area contributed by atoms with Crippen molar-refractivity contribution in [3.63, 3.8) is 0 Å². The van der Waals surface area contributed by atoms with E-state index in [9.17, 15) is 14.5 Å². The van der Waals surface area contributed by atoms with Gasteiger partial charge in [-0.3, -0.25) is 20.5 Å².